The summed E-state index contributed by atoms with van der Waals surface area (Å²) >= 11 is 0. The predicted molar refractivity (Wildman–Crippen MR) is 89.6 cm³/mol. The van der Waals surface area contributed by atoms with Gasteiger partial charge in [0.1, 0.15) is 8.07 Å². The van der Waals surface area contributed by atoms with Crippen LogP contribution in [0, 0.1) is 0 Å². The van der Waals surface area contributed by atoms with E-state index in [9.17, 15) is 9.59 Å². The highest BCUT2D eigenvalue weighted by atomic mass is 28.3. The summed E-state index contributed by atoms with van der Waals surface area (Å²) in [5.74, 6) is 0.179. The topological polar surface area (TPSA) is 34.1 Å². The van der Waals surface area contributed by atoms with Crippen molar-refractivity contribution in [2.75, 3.05) is 0 Å². The lowest BCUT2D eigenvalue weighted by Crippen LogP contribution is -2.52. The van der Waals surface area contributed by atoms with Crippen LogP contribution in [-0.2, 0) is 0 Å². The zero-order valence-electron chi connectivity index (χ0n) is 12.9. The van der Waals surface area contributed by atoms with E-state index in [4.69, 9.17) is 0 Å². The van der Waals surface area contributed by atoms with Gasteiger partial charge in [-0.25, -0.2) is 0 Å². The second kappa shape index (κ2) is 5.78. The standard InChI is InChI=1S/C18H20O2Si/c1-13(19)15-5-9-17(10-6-15)21(3,4)18-11-7-16(8-12-18)14(2)20/h5-12H,1-4H3. The van der Waals surface area contributed by atoms with Gasteiger partial charge in [-0.3, -0.25) is 9.59 Å². The summed E-state index contributed by atoms with van der Waals surface area (Å²) in [6.07, 6.45) is 0. The van der Waals surface area contributed by atoms with Gasteiger partial charge in [0.25, 0.3) is 0 Å². The van der Waals surface area contributed by atoms with E-state index < -0.39 is 8.07 Å². The summed E-state index contributed by atoms with van der Waals surface area (Å²) in [7, 11) is -1.79. The number of hydrogen-bond donors (Lipinski definition) is 0. The van der Waals surface area contributed by atoms with Gasteiger partial charge in [0.2, 0.25) is 0 Å². The normalized spacial score (nSPS) is 11.2. The molecule has 2 rings (SSSR count). The SMILES string of the molecule is CC(=O)c1ccc([Si](C)(C)c2ccc(C(C)=O)cc2)cc1. The molecule has 0 saturated carbocycles. The molecule has 0 N–H and O–H groups in total. The van der Waals surface area contributed by atoms with Gasteiger partial charge in [0, 0.05) is 11.1 Å². The summed E-state index contributed by atoms with van der Waals surface area (Å²) in [4.78, 5) is 22.7. The molecule has 108 valence electrons. The molecule has 2 aromatic rings. The predicted octanol–water partition coefficient (Wildman–Crippen LogP) is 2.91. The van der Waals surface area contributed by atoms with Gasteiger partial charge in [-0.15, -0.1) is 0 Å². The van der Waals surface area contributed by atoms with E-state index in [1.54, 1.807) is 13.8 Å². The molecule has 2 aromatic carbocycles. The molecule has 0 aliphatic heterocycles. The van der Waals surface area contributed by atoms with Crippen molar-refractivity contribution in [3.8, 4) is 0 Å². The average molecular weight is 296 g/mol. The Labute approximate surface area is 126 Å². The second-order valence-electron chi connectivity index (χ2n) is 5.89. The Morgan fingerprint density at radius 3 is 1.19 bits per heavy atom. The van der Waals surface area contributed by atoms with E-state index in [2.05, 4.69) is 37.4 Å². The zero-order chi connectivity index (χ0) is 15.6. The van der Waals surface area contributed by atoms with Gasteiger partial charge >= 0.3 is 0 Å². The fourth-order valence-electron chi connectivity index (χ4n) is 2.41. The van der Waals surface area contributed by atoms with Crippen molar-refractivity contribution in [1.29, 1.82) is 0 Å². The fraction of sp³-hybridized carbons (Fsp3) is 0.222. The lowest BCUT2D eigenvalue weighted by molar-refractivity contribution is 0.100. The Hall–Kier alpha value is -2.00. The fourth-order valence-corrected chi connectivity index (χ4v) is 4.74. The largest absolute Gasteiger partial charge is 0.295 e. The molecular formula is C18H20O2Si. The van der Waals surface area contributed by atoms with Crippen molar-refractivity contribution in [3.05, 3.63) is 59.7 Å². The van der Waals surface area contributed by atoms with Crippen molar-refractivity contribution >= 4 is 30.0 Å². The maximum atomic E-state index is 11.4. The third-order valence-electron chi connectivity index (χ3n) is 4.03. The molecule has 0 saturated heterocycles. The lowest BCUT2D eigenvalue weighted by Gasteiger charge is -2.24. The molecule has 0 amide bonds. The van der Waals surface area contributed by atoms with Crippen LogP contribution in [0.15, 0.2) is 48.5 Å². The third-order valence-corrected chi connectivity index (χ3v) is 7.58. The van der Waals surface area contributed by atoms with E-state index in [0.29, 0.717) is 0 Å². The second-order valence-corrected chi connectivity index (χ2v) is 10.3. The van der Waals surface area contributed by atoms with E-state index in [0.717, 1.165) is 11.1 Å². The van der Waals surface area contributed by atoms with Crippen LogP contribution in [0.2, 0.25) is 13.1 Å². The van der Waals surface area contributed by atoms with Gasteiger partial charge in [-0.1, -0.05) is 72.0 Å². The minimum Gasteiger partial charge on any atom is -0.295 e. The Morgan fingerprint density at radius 2 is 0.952 bits per heavy atom. The first-order valence-electron chi connectivity index (χ1n) is 7.05. The highest BCUT2D eigenvalue weighted by molar-refractivity contribution is 7.00. The summed E-state index contributed by atoms with van der Waals surface area (Å²) in [5, 5.41) is 2.56. The Balaban J connectivity index is 2.36. The number of hydrogen-bond acceptors (Lipinski definition) is 2. The molecule has 0 aliphatic rings. The molecule has 0 spiro atoms. The van der Waals surface area contributed by atoms with Crippen LogP contribution < -0.4 is 10.4 Å². The summed E-state index contributed by atoms with van der Waals surface area (Å²) < 4.78 is 0. The van der Waals surface area contributed by atoms with Crippen LogP contribution in [0.5, 0.6) is 0 Å². The first-order valence-corrected chi connectivity index (χ1v) is 10.1. The highest BCUT2D eigenvalue weighted by Gasteiger charge is 2.26. The quantitative estimate of drug-likeness (QED) is 0.642. The van der Waals surface area contributed by atoms with Crippen molar-refractivity contribution in [3.63, 3.8) is 0 Å². The number of ketones is 2. The number of benzene rings is 2. The van der Waals surface area contributed by atoms with Gasteiger partial charge < -0.3 is 0 Å². The monoisotopic (exact) mass is 296 g/mol. The van der Waals surface area contributed by atoms with Gasteiger partial charge in [-0.05, 0) is 13.8 Å². The molecule has 0 radical (unpaired) electrons. The van der Waals surface area contributed by atoms with Crippen LogP contribution in [0.3, 0.4) is 0 Å². The summed E-state index contributed by atoms with van der Waals surface area (Å²) in [6.45, 7) is 7.72. The smallest absolute Gasteiger partial charge is 0.159 e. The molecule has 0 bridgehead atoms. The van der Waals surface area contributed by atoms with Gasteiger partial charge in [0.05, 0.1) is 0 Å². The van der Waals surface area contributed by atoms with E-state index in [1.807, 2.05) is 24.3 Å². The molecule has 0 fully saturated rings. The molecule has 0 atom stereocenters. The van der Waals surface area contributed by atoms with Crippen molar-refractivity contribution in [2.24, 2.45) is 0 Å². The zero-order valence-corrected chi connectivity index (χ0v) is 13.9. The Bertz CT molecular complexity index is 608. The first kappa shape index (κ1) is 15.4. The summed E-state index contributed by atoms with van der Waals surface area (Å²) in [6, 6.07) is 15.8. The minimum absolute atomic E-state index is 0.0897. The van der Waals surface area contributed by atoms with Crippen molar-refractivity contribution in [1.82, 2.24) is 0 Å². The van der Waals surface area contributed by atoms with Crippen LogP contribution in [0.4, 0.5) is 0 Å². The number of rotatable bonds is 4. The molecule has 0 aliphatic carbocycles. The van der Waals surface area contributed by atoms with E-state index in [-0.39, 0.29) is 11.6 Å². The van der Waals surface area contributed by atoms with Gasteiger partial charge in [-0.2, -0.15) is 0 Å². The molecule has 3 heteroatoms. The molecule has 0 heterocycles. The van der Waals surface area contributed by atoms with E-state index in [1.165, 1.54) is 10.4 Å². The highest BCUT2D eigenvalue weighted by Crippen LogP contribution is 2.08. The first-order chi connectivity index (χ1) is 9.82. The number of carbonyl (C=O) groups excluding carboxylic acids is 2. The van der Waals surface area contributed by atoms with Crippen LogP contribution >= 0.6 is 0 Å². The van der Waals surface area contributed by atoms with Crippen molar-refractivity contribution < 1.29 is 9.59 Å². The van der Waals surface area contributed by atoms with E-state index >= 15 is 0 Å². The summed E-state index contributed by atoms with van der Waals surface area (Å²) in [5.41, 5.74) is 1.49. The van der Waals surface area contributed by atoms with Gasteiger partial charge in [0.15, 0.2) is 11.6 Å². The number of Topliss-reactive ketones (excluding diaryl/α,β-unsaturated/α-hetero) is 2. The molecular weight excluding hydrogens is 276 g/mol. The average Bonchev–Trinajstić information content (AvgIpc) is 2.47. The molecule has 21 heavy (non-hydrogen) atoms. The van der Waals surface area contributed by atoms with Crippen LogP contribution in [-0.4, -0.2) is 19.6 Å². The minimum atomic E-state index is -1.79. The Kier molecular flexibility index (Phi) is 4.23. The third kappa shape index (κ3) is 3.19. The molecule has 0 aromatic heterocycles. The molecule has 0 unspecified atom stereocenters. The lowest BCUT2D eigenvalue weighted by atomic mass is 10.1. The van der Waals surface area contributed by atoms with Crippen LogP contribution in [0.25, 0.3) is 0 Å². The van der Waals surface area contributed by atoms with Crippen molar-refractivity contribution in [2.45, 2.75) is 26.9 Å². The van der Waals surface area contributed by atoms with Crippen LogP contribution in [0.1, 0.15) is 34.6 Å². The molecule has 2 nitrogen and oxygen atoms in total. The number of carbonyl (C=O) groups is 2. The Morgan fingerprint density at radius 1 is 0.667 bits per heavy atom. The maximum absolute atomic E-state index is 11.4. The maximum Gasteiger partial charge on any atom is 0.159 e.